The monoisotopic (exact) mass is 385 g/mol. The highest BCUT2D eigenvalue weighted by Crippen LogP contribution is 2.33. The van der Waals surface area contributed by atoms with Crippen molar-refractivity contribution in [2.45, 2.75) is 6.92 Å². The Balaban J connectivity index is 1.74. The summed E-state index contributed by atoms with van der Waals surface area (Å²) in [6.07, 6.45) is 0. The number of ether oxygens (including phenoxy) is 1. The van der Waals surface area contributed by atoms with E-state index in [1.54, 1.807) is 49.6 Å². The molecule has 5 nitrogen and oxygen atoms in total. The van der Waals surface area contributed by atoms with Crippen LogP contribution in [0.5, 0.6) is 5.75 Å². The van der Waals surface area contributed by atoms with Gasteiger partial charge in [-0.25, -0.2) is 0 Å². The molecule has 4 aromatic rings. The van der Waals surface area contributed by atoms with Crippen LogP contribution in [0.1, 0.15) is 32.0 Å². The highest BCUT2D eigenvalue weighted by atomic mass is 16.5. The summed E-state index contributed by atoms with van der Waals surface area (Å²) in [5.41, 5.74) is 2.90. The number of aryl methyl sites for hydroxylation is 1. The van der Waals surface area contributed by atoms with Gasteiger partial charge in [-0.1, -0.05) is 42.0 Å². The van der Waals surface area contributed by atoms with Gasteiger partial charge in [-0.3, -0.25) is 9.59 Å². The summed E-state index contributed by atoms with van der Waals surface area (Å²) >= 11 is 0. The molecule has 3 aromatic carbocycles. The van der Waals surface area contributed by atoms with Gasteiger partial charge in [0.25, 0.3) is 5.91 Å². The first-order valence-electron chi connectivity index (χ1n) is 9.15. The Bertz CT molecular complexity index is 1190. The molecule has 1 heterocycles. The van der Waals surface area contributed by atoms with Crippen LogP contribution < -0.4 is 10.1 Å². The third-order valence-electron chi connectivity index (χ3n) is 4.71. The fourth-order valence-electron chi connectivity index (χ4n) is 3.09. The van der Waals surface area contributed by atoms with E-state index in [0.717, 1.165) is 5.56 Å². The van der Waals surface area contributed by atoms with Gasteiger partial charge in [0.2, 0.25) is 5.78 Å². The molecule has 0 spiro atoms. The zero-order valence-corrected chi connectivity index (χ0v) is 16.1. The number of hydrogen-bond donors (Lipinski definition) is 1. The molecule has 4 rings (SSSR count). The molecule has 29 heavy (non-hydrogen) atoms. The van der Waals surface area contributed by atoms with Gasteiger partial charge in [0.05, 0.1) is 12.8 Å². The van der Waals surface area contributed by atoms with Gasteiger partial charge in [-0.15, -0.1) is 0 Å². The van der Waals surface area contributed by atoms with Crippen LogP contribution in [0, 0.1) is 6.92 Å². The molecule has 0 aliphatic carbocycles. The van der Waals surface area contributed by atoms with E-state index in [0.29, 0.717) is 33.5 Å². The van der Waals surface area contributed by atoms with E-state index in [2.05, 4.69) is 5.32 Å². The molecule has 1 aromatic heterocycles. The van der Waals surface area contributed by atoms with Crippen molar-refractivity contribution in [2.75, 3.05) is 12.4 Å². The molecule has 0 aliphatic rings. The van der Waals surface area contributed by atoms with Gasteiger partial charge in [0.1, 0.15) is 11.3 Å². The summed E-state index contributed by atoms with van der Waals surface area (Å²) < 4.78 is 11.0. The van der Waals surface area contributed by atoms with Crippen molar-refractivity contribution >= 4 is 28.3 Å². The van der Waals surface area contributed by atoms with Crippen LogP contribution in [-0.4, -0.2) is 18.8 Å². The minimum Gasteiger partial charge on any atom is -0.497 e. The van der Waals surface area contributed by atoms with Crippen molar-refractivity contribution in [2.24, 2.45) is 0 Å². The van der Waals surface area contributed by atoms with Crippen LogP contribution in [-0.2, 0) is 0 Å². The van der Waals surface area contributed by atoms with Crippen LogP contribution in [0.3, 0.4) is 0 Å². The molecule has 0 saturated carbocycles. The highest BCUT2D eigenvalue weighted by Gasteiger charge is 2.23. The standard InChI is InChI=1S/C24H19NO4/c1-15-7-9-16(10-8-15)22(26)23-21(19-5-3-4-6-20(19)29-23)25-24(27)17-11-13-18(28-2)14-12-17/h3-14H,1-2H3,(H,25,27). The van der Waals surface area contributed by atoms with Crippen molar-refractivity contribution in [1.29, 1.82) is 0 Å². The number of hydrogen-bond acceptors (Lipinski definition) is 4. The van der Waals surface area contributed by atoms with Crippen LogP contribution in [0.2, 0.25) is 0 Å². The Labute approximate surface area is 167 Å². The second-order valence-electron chi connectivity index (χ2n) is 6.68. The second kappa shape index (κ2) is 7.64. The molecule has 0 aliphatic heterocycles. The lowest BCUT2D eigenvalue weighted by molar-refractivity contribution is 0.101. The summed E-state index contributed by atoms with van der Waals surface area (Å²) in [4.78, 5) is 25.9. The van der Waals surface area contributed by atoms with Gasteiger partial charge in [-0.05, 0) is 43.3 Å². The van der Waals surface area contributed by atoms with Crippen molar-refractivity contribution < 1.29 is 18.7 Å². The van der Waals surface area contributed by atoms with E-state index >= 15 is 0 Å². The maximum atomic E-state index is 13.1. The molecular weight excluding hydrogens is 366 g/mol. The predicted molar refractivity (Wildman–Crippen MR) is 112 cm³/mol. The molecule has 0 atom stereocenters. The van der Waals surface area contributed by atoms with Crippen LogP contribution in [0.25, 0.3) is 11.0 Å². The molecule has 1 N–H and O–H groups in total. The SMILES string of the molecule is COc1ccc(C(=O)Nc2c(C(=O)c3ccc(C)cc3)oc3ccccc23)cc1. The number of carbonyl (C=O) groups excluding carboxylic acids is 2. The molecular formula is C24H19NO4. The number of furan rings is 1. The van der Waals surface area contributed by atoms with Crippen LogP contribution in [0.15, 0.2) is 77.2 Å². The average Bonchev–Trinajstić information content (AvgIpc) is 3.12. The summed E-state index contributed by atoms with van der Waals surface area (Å²) in [5.74, 6) is 0.144. The Morgan fingerprint density at radius 3 is 2.21 bits per heavy atom. The van der Waals surface area contributed by atoms with Gasteiger partial charge in [0.15, 0.2) is 5.76 Å². The van der Waals surface area contributed by atoms with Gasteiger partial charge in [-0.2, -0.15) is 0 Å². The first kappa shape index (κ1) is 18.5. The van der Waals surface area contributed by atoms with E-state index in [1.165, 1.54) is 0 Å². The third kappa shape index (κ3) is 3.62. The molecule has 0 unspecified atom stereocenters. The molecule has 0 saturated heterocycles. The van der Waals surface area contributed by atoms with Crippen molar-refractivity contribution in [3.63, 3.8) is 0 Å². The lowest BCUT2D eigenvalue weighted by Crippen LogP contribution is -2.14. The Hall–Kier alpha value is -3.86. The number of nitrogens with one attached hydrogen (secondary N) is 1. The van der Waals surface area contributed by atoms with E-state index < -0.39 is 0 Å². The van der Waals surface area contributed by atoms with E-state index in [9.17, 15) is 9.59 Å². The van der Waals surface area contributed by atoms with Crippen molar-refractivity contribution in [3.05, 3.63) is 95.2 Å². The number of benzene rings is 3. The fourth-order valence-corrected chi connectivity index (χ4v) is 3.09. The zero-order chi connectivity index (χ0) is 20.4. The normalized spacial score (nSPS) is 10.7. The summed E-state index contributed by atoms with van der Waals surface area (Å²) in [5, 5.41) is 3.53. The maximum absolute atomic E-state index is 13.1. The number of rotatable bonds is 5. The second-order valence-corrected chi connectivity index (χ2v) is 6.68. The Morgan fingerprint density at radius 1 is 0.862 bits per heavy atom. The van der Waals surface area contributed by atoms with Gasteiger partial charge in [0, 0.05) is 16.5 Å². The van der Waals surface area contributed by atoms with E-state index in [-0.39, 0.29) is 17.5 Å². The van der Waals surface area contributed by atoms with E-state index in [1.807, 2.05) is 37.3 Å². The molecule has 0 radical (unpaired) electrons. The Kier molecular flexibility index (Phi) is 4.87. The molecule has 1 amide bonds. The zero-order valence-electron chi connectivity index (χ0n) is 16.1. The lowest BCUT2D eigenvalue weighted by Gasteiger charge is -2.07. The van der Waals surface area contributed by atoms with Crippen molar-refractivity contribution in [1.82, 2.24) is 0 Å². The topological polar surface area (TPSA) is 68.5 Å². The van der Waals surface area contributed by atoms with E-state index in [4.69, 9.17) is 9.15 Å². The highest BCUT2D eigenvalue weighted by molar-refractivity contribution is 6.18. The summed E-state index contributed by atoms with van der Waals surface area (Å²) in [7, 11) is 1.57. The number of carbonyl (C=O) groups is 2. The smallest absolute Gasteiger partial charge is 0.255 e. The fraction of sp³-hybridized carbons (Fsp3) is 0.0833. The minimum atomic E-state index is -0.336. The number of amides is 1. The first-order chi connectivity index (χ1) is 14.1. The van der Waals surface area contributed by atoms with Crippen LogP contribution in [0.4, 0.5) is 5.69 Å². The van der Waals surface area contributed by atoms with Crippen molar-refractivity contribution in [3.8, 4) is 5.75 Å². The summed E-state index contributed by atoms with van der Waals surface area (Å²) in [6.45, 7) is 1.95. The molecule has 0 bridgehead atoms. The lowest BCUT2D eigenvalue weighted by atomic mass is 10.1. The Morgan fingerprint density at radius 2 is 1.52 bits per heavy atom. The average molecular weight is 385 g/mol. The van der Waals surface area contributed by atoms with Gasteiger partial charge >= 0.3 is 0 Å². The third-order valence-corrected chi connectivity index (χ3v) is 4.71. The molecule has 144 valence electrons. The van der Waals surface area contributed by atoms with Crippen LogP contribution >= 0.6 is 0 Å². The largest absolute Gasteiger partial charge is 0.497 e. The maximum Gasteiger partial charge on any atom is 0.255 e. The first-order valence-corrected chi connectivity index (χ1v) is 9.15. The number of ketones is 1. The number of fused-ring (bicyclic) bond motifs is 1. The number of para-hydroxylation sites is 1. The molecule has 5 heteroatoms. The molecule has 0 fully saturated rings. The minimum absolute atomic E-state index is 0.108. The predicted octanol–water partition coefficient (Wildman–Crippen LogP) is 5.23. The quantitative estimate of drug-likeness (QED) is 0.478. The van der Waals surface area contributed by atoms with Gasteiger partial charge < -0.3 is 14.5 Å². The summed E-state index contributed by atoms with van der Waals surface area (Å²) in [6, 6.07) is 21.2. The number of anilines is 1. The number of methoxy groups -OCH3 is 1.